The minimum atomic E-state index is -0.0446. The Morgan fingerprint density at radius 1 is 1.45 bits per heavy atom. The first-order valence-electron chi connectivity index (χ1n) is 3.90. The number of thiocarbonyl (C=S) groups is 1. The van der Waals surface area contributed by atoms with E-state index in [1.54, 1.807) is 0 Å². The monoisotopic (exact) mass is 169 g/mol. The van der Waals surface area contributed by atoms with Gasteiger partial charge in [0.2, 0.25) is 0 Å². The van der Waals surface area contributed by atoms with Gasteiger partial charge in [-0.15, -0.1) is 0 Å². The highest BCUT2D eigenvalue weighted by Crippen LogP contribution is 2.32. The second kappa shape index (κ2) is 2.17. The Hall–Kier alpha value is -0.640. The second-order valence-corrected chi connectivity index (χ2v) is 3.60. The summed E-state index contributed by atoms with van der Waals surface area (Å²) in [5, 5.41) is 3.74. The van der Waals surface area contributed by atoms with Crippen molar-refractivity contribution >= 4 is 23.2 Å². The van der Waals surface area contributed by atoms with Crippen molar-refractivity contribution in [1.82, 2.24) is 5.32 Å². The van der Waals surface area contributed by atoms with E-state index in [1.165, 1.54) is 12.8 Å². The second-order valence-electron chi connectivity index (χ2n) is 3.22. The number of aliphatic imine (C=N–C) groups is 1. The molecule has 1 saturated carbocycles. The van der Waals surface area contributed by atoms with Gasteiger partial charge in [0.05, 0.1) is 5.54 Å². The number of hydrogen-bond donors (Lipinski definition) is 2. The maximum atomic E-state index is 5.77. The molecule has 0 atom stereocenters. The molecule has 60 valence electrons. The van der Waals surface area contributed by atoms with Crippen LogP contribution in [0.2, 0.25) is 0 Å². The van der Waals surface area contributed by atoms with E-state index in [0.29, 0.717) is 10.9 Å². The van der Waals surface area contributed by atoms with Crippen LogP contribution in [0, 0.1) is 0 Å². The van der Waals surface area contributed by atoms with Crippen molar-refractivity contribution < 1.29 is 0 Å². The summed E-state index contributed by atoms with van der Waals surface area (Å²) in [6.45, 7) is 0. The van der Waals surface area contributed by atoms with E-state index in [0.717, 1.165) is 12.8 Å². The van der Waals surface area contributed by atoms with Crippen LogP contribution in [0.3, 0.4) is 0 Å². The minimum absolute atomic E-state index is 0.0446. The van der Waals surface area contributed by atoms with E-state index in [9.17, 15) is 0 Å². The topological polar surface area (TPSA) is 50.4 Å². The lowest BCUT2D eigenvalue weighted by Crippen LogP contribution is -2.49. The third-order valence-electron chi connectivity index (χ3n) is 2.52. The normalized spacial score (nSPS) is 27.3. The van der Waals surface area contributed by atoms with E-state index >= 15 is 0 Å². The number of nitrogens with one attached hydrogen (secondary N) is 1. The number of rotatable bonds is 0. The summed E-state index contributed by atoms with van der Waals surface area (Å²) < 4.78 is 0. The maximum absolute atomic E-state index is 5.77. The van der Waals surface area contributed by atoms with Crippen LogP contribution in [0.15, 0.2) is 4.99 Å². The van der Waals surface area contributed by atoms with Crippen molar-refractivity contribution in [1.29, 1.82) is 0 Å². The molecule has 1 fully saturated rings. The van der Waals surface area contributed by atoms with Crippen LogP contribution in [0.4, 0.5) is 0 Å². The minimum Gasteiger partial charge on any atom is -0.385 e. The molecule has 0 unspecified atom stereocenters. The fourth-order valence-electron chi connectivity index (χ4n) is 1.87. The Balaban J connectivity index is 2.28. The van der Waals surface area contributed by atoms with Crippen molar-refractivity contribution in [2.75, 3.05) is 0 Å². The number of nitrogens with two attached hydrogens (primary N) is 1. The highest BCUT2D eigenvalue weighted by atomic mass is 32.1. The molecular weight excluding hydrogens is 158 g/mol. The van der Waals surface area contributed by atoms with Gasteiger partial charge in [0.15, 0.2) is 5.11 Å². The summed E-state index contributed by atoms with van der Waals surface area (Å²) in [5.41, 5.74) is 5.72. The zero-order chi connectivity index (χ0) is 7.90. The van der Waals surface area contributed by atoms with Crippen LogP contribution >= 0.6 is 12.2 Å². The van der Waals surface area contributed by atoms with Crippen molar-refractivity contribution in [3.63, 3.8) is 0 Å². The van der Waals surface area contributed by atoms with Gasteiger partial charge in [-0.05, 0) is 25.1 Å². The highest BCUT2D eigenvalue weighted by Gasteiger charge is 2.41. The Morgan fingerprint density at radius 2 is 2.09 bits per heavy atom. The third kappa shape index (κ3) is 0.929. The van der Waals surface area contributed by atoms with Crippen molar-refractivity contribution in [2.24, 2.45) is 10.7 Å². The first-order valence-corrected chi connectivity index (χ1v) is 4.31. The predicted molar refractivity (Wildman–Crippen MR) is 48.6 cm³/mol. The van der Waals surface area contributed by atoms with Gasteiger partial charge in [0.1, 0.15) is 5.84 Å². The van der Waals surface area contributed by atoms with E-state index in [4.69, 9.17) is 18.0 Å². The molecule has 11 heavy (non-hydrogen) atoms. The summed E-state index contributed by atoms with van der Waals surface area (Å²) in [6, 6.07) is 0. The molecule has 0 radical (unpaired) electrons. The van der Waals surface area contributed by atoms with Gasteiger partial charge in [0, 0.05) is 0 Å². The average molecular weight is 169 g/mol. The Kier molecular flexibility index (Phi) is 1.39. The average Bonchev–Trinajstić information content (AvgIpc) is 2.45. The molecule has 3 nitrogen and oxygen atoms in total. The van der Waals surface area contributed by atoms with E-state index in [1.807, 2.05) is 0 Å². The lowest BCUT2D eigenvalue weighted by Gasteiger charge is -2.22. The lowest BCUT2D eigenvalue weighted by molar-refractivity contribution is 0.538. The van der Waals surface area contributed by atoms with Crippen molar-refractivity contribution in [3.8, 4) is 0 Å². The molecule has 0 aromatic carbocycles. The van der Waals surface area contributed by atoms with Crippen LogP contribution in [0.5, 0.6) is 0 Å². The van der Waals surface area contributed by atoms with Crippen LogP contribution in [-0.2, 0) is 0 Å². The predicted octanol–water partition coefficient (Wildman–Crippen LogP) is 0.544. The molecule has 0 amide bonds. The molecule has 0 saturated heterocycles. The third-order valence-corrected chi connectivity index (χ3v) is 2.71. The summed E-state index contributed by atoms with van der Waals surface area (Å²) >= 11 is 4.93. The molecular formula is C7H11N3S. The van der Waals surface area contributed by atoms with Crippen LogP contribution in [0.1, 0.15) is 25.7 Å². The van der Waals surface area contributed by atoms with Gasteiger partial charge >= 0.3 is 0 Å². The molecule has 0 aromatic heterocycles. The smallest absolute Gasteiger partial charge is 0.195 e. The largest absolute Gasteiger partial charge is 0.385 e. The van der Waals surface area contributed by atoms with Gasteiger partial charge in [-0.3, -0.25) is 0 Å². The van der Waals surface area contributed by atoms with Crippen LogP contribution < -0.4 is 11.1 Å². The standard InChI is InChI=1S/C7H11N3S/c8-5-7(3-1-2-4-7)10-6(11)9-5/h1-4H2,(H3,8,9,10,11). The summed E-state index contributed by atoms with van der Waals surface area (Å²) in [4.78, 5) is 4.04. The molecule has 1 spiro atoms. The van der Waals surface area contributed by atoms with Gasteiger partial charge in [-0.1, -0.05) is 12.8 Å². The number of amidine groups is 1. The molecule has 2 rings (SSSR count). The summed E-state index contributed by atoms with van der Waals surface area (Å²) in [6.07, 6.45) is 4.63. The molecule has 1 heterocycles. The first-order chi connectivity index (χ1) is 5.23. The zero-order valence-corrected chi connectivity index (χ0v) is 7.08. The maximum Gasteiger partial charge on any atom is 0.195 e. The van der Waals surface area contributed by atoms with Gasteiger partial charge in [-0.2, -0.15) is 0 Å². The molecule has 2 aliphatic rings. The van der Waals surface area contributed by atoms with Crippen molar-refractivity contribution in [2.45, 2.75) is 31.2 Å². The quantitative estimate of drug-likeness (QED) is 0.520. The van der Waals surface area contributed by atoms with Crippen LogP contribution in [-0.4, -0.2) is 16.5 Å². The molecule has 1 aliphatic heterocycles. The molecule has 0 bridgehead atoms. The molecule has 1 aliphatic carbocycles. The zero-order valence-electron chi connectivity index (χ0n) is 6.26. The SMILES string of the molecule is NC1=NC(=S)NC12CCCC2. The Bertz CT molecular complexity index is 228. The number of hydrogen-bond acceptors (Lipinski definition) is 2. The first kappa shape index (κ1) is 7.03. The van der Waals surface area contributed by atoms with Gasteiger partial charge < -0.3 is 11.1 Å². The summed E-state index contributed by atoms with van der Waals surface area (Å²) in [5.74, 6) is 0.694. The fraction of sp³-hybridized carbons (Fsp3) is 0.714. The molecule has 3 N–H and O–H groups in total. The molecule has 4 heteroatoms. The lowest BCUT2D eigenvalue weighted by atomic mass is 9.98. The molecule has 0 aromatic rings. The van der Waals surface area contributed by atoms with E-state index < -0.39 is 0 Å². The van der Waals surface area contributed by atoms with E-state index in [2.05, 4.69) is 10.3 Å². The highest BCUT2D eigenvalue weighted by molar-refractivity contribution is 7.80. The Labute approximate surface area is 71.1 Å². The van der Waals surface area contributed by atoms with Crippen LogP contribution in [0.25, 0.3) is 0 Å². The van der Waals surface area contributed by atoms with E-state index in [-0.39, 0.29) is 5.54 Å². The number of nitrogens with zero attached hydrogens (tertiary/aromatic N) is 1. The van der Waals surface area contributed by atoms with Gasteiger partial charge in [-0.25, -0.2) is 4.99 Å². The fourth-order valence-corrected chi connectivity index (χ4v) is 2.17. The van der Waals surface area contributed by atoms with Gasteiger partial charge in [0.25, 0.3) is 0 Å². The Morgan fingerprint density at radius 3 is 2.55 bits per heavy atom. The summed E-state index contributed by atoms with van der Waals surface area (Å²) in [7, 11) is 0. The van der Waals surface area contributed by atoms with Crippen molar-refractivity contribution in [3.05, 3.63) is 0 Å².